The number of nitrogens with zero attached hydrogens (tertiary/aromatic N) is 2. The van der Waals surface area contributed by atoms with Gasteiger partial charge in [-0.05, 0) is 45.3 Å². The Kier molecular flexibility index (Phi) is 6.46. The quantitative estimate of drug-likeness (QED) is 0.774. The minimum absolute atomic E-state index is 0.160. The highest BCUT2D eigenvalue weighted by atomic mass is 16.4. The van der Waals surface area contributed by atoms with Crippen LogP contribution in [-0.2, 0) is 9.59 Å². The van der Waals surface area contributed by atoms with Gasteiger partial charge in [0.25, 0.3) is 0 Å². The van der Waals surface area contributed by atoms with E-state index in [1.807, 2.05) is 6.92 Å². The number of carboxylic acid groups (broad SMARTS) is 1. The summed E-state index contributed by atoms with van der Waals surface area (Å²) < 4.78 is 0. The van der Waals surface area contributed by atoms with Gasteiger partial charge in [-0.25, -0.2) is 0 Å². The van der Waals surface area contributed by atoms with Crippen LogP contribution in [-0.4, -0.2) is 60.5 Å². The fraction of sp³-hybridized carbons (Fsp3) is 0.867. The summed E-state index contributed by atoms with van der Waals surface area (Å²) in [5.74, 6) is -0.477. The van der Waals surface area contributed by atoms with Gasteiger partial charge in [0, 0.05) is 20.5 Å². The van der Waals surface area contributed by atoms with Crippen molar-refractivity contribution in [1.29, 1.82) is 0 Å². The summed E-state index contributed by atoms with van der Waals surface area (Å²) in [5, 5.41) is 9.45. The molecule has 0 saturated carbocycles. The van der Waals surface area contributed by atoms with Gasteiger partial charge in [0.15, 0.2) is 0 Å². The van der Waals surface area contributed by atoms with Gasteiger partial charge in [-0.15, -0.1) is 0 Å². The average molecular weight is 284 g/mol. The van der Waals surface area contributed by atoms with Gasteiger partial charge in [-0.3, -0.25) is 9.59 Å². The van der Waals surface area contributed by atoms with Crippen LogP contribution in [0.3, 0.4) is 0 Å². The number of amides is 1. The van der Waals surface area contributed by atoms with Crippen LogP contribution >= 0.6 is 0 Å². The Morgan fingerprint density at radius 2 is 1.85 bits per heavy atom. The van der Waals surface area contributed by atoms with Gasteiger partial charge < -0.3 is 14.9 Å². The van der Waals surface area contributed by atoms with E-state index < -0.39 is 11.4 Å². The summed E-state index contributed by atoms with van der Waals surface area (Å²) in [6.45, 7) is 4.61. The van der Waals surface area contributed by atoms with E-state index in [1.165, 1.54) is 0 Å². The molecule has 1 saturated heterocycles. The number of carboxylic acids is 1. The second kappa shape index (κ2) is 7.62. The van der Waals surface area contributed by atoms with Crippen LogP contribution in [0.25, 0.3) is 0 Å². The molecule has 0 radical (unpaired) electrons. The summed E-state index contributed by atoms with van der Waals surface area (Å²) >= 11 is 0. The fourth-order valence-corrected chi connectivity index (χ4v) is 2.93. The summed E-state index contributed by atoms with van der Waals surface area (Å²) in [5.41, 5.74) is -0.509. The number of hydrogen-bond donors (Lipinski definition) is 1. The van der Waals surface area contributed by atoms with Gasteiger partial charge in [-0.1, -0.05) is 13.3 Å². The molecule has 1 amide bonds. The van der Waals surface area contributed by atoms with Gasteiger partial charge >= 0.3 is 5.97 Å². The van der Waals surface area contributed by atoms with Crippen molar-refractivity contribution in [1.82, 2.24) is 9.80 Å². The molecule has 0 spiro atoms. The summed E-state index contributed by atoms with van der Waals surface area (Å²) in [7, 11) is 3.55. The lowest BCUT2D eigenvalue weighted by Gasteiger charge is -2.38. The maximum absolute atomic E-state index is 11.5. The molecule has 1 rings (SSSR count). The molecule has 0 aromatic rings. The van der Waals surface area contributed by atoms with E-state index in [-0.39, 0.29) is 5.91 Å². The van der Waals surface area contributed by atoms with E-state index in [4.69, 9.17) is 0 Å². The number of rotatable bonds is 7. The van der Waals surface area contributed by atoms with Crippen molar-refractivity contribution in [2.24, 2.45) is 5.41 Å². The Labute approximate surface area is 121 Å². The molecule has 0 aromatic heterocycles. The van der Waals surface area contributed by atoms with Crippen LogP contribution in [0.1, 0.15) is 45.4 Å². The molecule has 20 heavy (non-hydrogen) atoms. The van der Waals surface area contributed by atoms with E-state index in [0.717, 1.165) is 51.7 Å². The Hall–Kier alpha value is -1.10. The zero-order valence-electron chi connectivity index (χ0n) is 13.0. The average Bonchev–Trinajstić information content (AvgIpc) is 2.40. The number of hydrogen-bond acceptors (Lipinski definition) is 3. The molecule has 0 aliphatic carbocycles. The standard InChI is InChI=1S/C15H28N2O3/c1-4-7-15(14(19)20)8-11-17(12-9-15)10-5-6-13(18)16(2)3/h4-12H2,1-3H3,(H,19,20). The molecule has 5 heteroatoms. The molecule has 5 nitrogen and oxygen atoms in total. The van der Waals surface area contributed by atoms with Gasteiger partial charge in [0.2, 0.25) is 5.91 Å². The van der Waals surface area contributed by atoms with Crippen molar-refractivity contribution in [3.63, 3.8) is 0 Å². The van der Waals surface area contributed by atoms with Gasteiger partial charge in [0.1, 0.15) is 0 Å². The number of carbonyl (C=O) groups is 2. The maximum Gasteiger partial charge on any atom is 0.309 e. The van der Waals surface area contributed by atoms with E-state index in [0.29, 0.717) is 6.42 Å². The van der Waals surface area contributed by atoms with E-state index in [9.17, 15) is 14.7 Å². The Morgan fingerprint density at radius 1 is 1.25 bits per heavy atom. The van der Waals surface area contributed by atoms with Gasteiger partial charge in [0.05, 0.1) is 5.41 Å². The lowest BCUT2D eigenvalue weighted by molar-refractivity contribution is -0.152. The molecule has 0 bridgehead atoms. The molecule has 1 heterocycles. The predicted octanol–water partition coefficient (Wildman–Crippen LogP) is 1.82. The lowest BCUT2D eigenvalue weighted by atomic mass is 9.75. The SMILES string of the molecule is CCCC1(C(=O)O)CCN(CCCC(=O)N(C)C)CC1. The van der Waals surface area contributed by atoms with Gasteiger partial charge in [-0.2, -0.15) is 0 Å². The van der Waals surface area contributed by atoms with Crippen LogP contribution in [0.5, 0.6) is 0 Å². The Morgan fingerprint density at radius 3 is 2.30 bits per heavy atom. The number of carbonyl (C=O) groups excluding carboxylic acids is 1. The first-order chi connectivity index (χ1) is 9.41. The van der Waals surface area contributed by atoms with Crippen LogP contribution in [0.15, 0.2) is 0 Å². The van der Waals surface area contributed by atoms with E-state index >= 15 is 0 Å². The Bertz CT molecular complexity index is 334. The Balaban J connectivity index is 2.34. The van der Waals surface area contributed by atoms with Crippen molar-refractivity contribution >= 4 is 11.9 Å². The molecular weight excluding hydrogens is 256 g/mol. The van der Waals surface area contributed by atoms with Crippen LogP contribution < -0.4 is 0 Å². The minimum Gasteiger partial charge on any atom is -0.481 e. The second-order valence-corrected chi connectivity index (χ2v) is 6.07. The second-order valence-electron chi connectivity index (χ2n) is 6.07. The third kappa shape index (κ3) is 4.47. The molecule has 1 aliphatic heterocycles. The maximum atomic E-state index is 11.5. The van der Waals surface area contributed by atoms with Crippen molar-refractivity contribution < 1.29 is 14.7 Å². The highest BCUT2D eigenvalue weighted by Gasteiger charge is 2.40. The molecule has 0 aromatic carbocycles. The first-order valence-electron chi connectivity index (χ1n) is 7.57. The smallest absolute Gasteiger partial charge is 0.309 e. The molecular formula is C15H28N2O3. The molecule has 1 N–H and O–H groups in total. The zero-order chi connectivity index (χ0) is 15.2. The van der Waals surface area contributed by atoms with E-state index in [2.05, 4.69) is 4.90 Å². The molecule has 1 aliphatic rings. The summed E-state index contributed by atoms with van der Waals surface area (Å²) in [6, 6.07) is 0. The minimum atomic E-state index is -0.637. The lowest BCUT2D eigenvalue weighted by Crippen LogP contribution is -2.44. The predicted molar refractivity (Wildman–Crippen MR) is 78.6 cm³/mol. The highest BCUT2D eigenvalue weighted by Crippen LogP contribution is 2.36. The first-order valence-corrected chi connectivity index (χ1v) is 7.57. The summed E-state index contributed by atoms with van der Waals surface area (Å²) in [6.07, 6.45) is 4.59. The molecule has 116 valence electrons. The van der Waals surface area contributed by atoms with Crippen molar-refractivity contribution in [2.75, 3.05) is 33.7 Å². The van der Waals surface area contributed by atoms with Crippen LogP contribution in [0.2, 0.25) is 0 Å². The van der Waals surface area contributed by atoms with Crippen LogP contribution in [0, 0.1) is 5.41 Å². The molecule has 0 atom stereocenters. The number of aliphatic carboxylic acids is 1. The number of likely N-dealkylation sites (tertiary alicyclic amines) is 1. The normalized spacial score (nSPS) is 18.8. The molecule has 0 unspecified atom stereocenters. The topological polar surface area (TPSA) is 60.9 Å². The molecule has 1 fully saturated rings. The summed E-state index contributed by atoms with van der Waals surface area (Å²) in [4.78, 5) is 26.9. The zero-order valence-corrected chi connectivity index (χ0v) is 13.0. The monoisotopic (exact) mass is 284 g/mol. The van der Waals surface area contributed by atoms with Crippen LogP contribution in [0.4, 0.5) is 0 Å². The third-order valence-electron chi connectivity index (χ3n) is 4.36. The van der Waals surface area contributed by atoms with Crippen molar-refractivity contribution in [3.8, 4) is 0 Å². The van der Waals surface area contributed by atoms with Crippen molar-refractivity contribution in [2.45, 2.75) is 45.4 Å². The largest absolute Gasteiger partial charge is 0.481 e. The van der Waals surface area contributed by atoms with Crippen molar-refractivity contribution in [3.05, 3.63) is 0 Å². The number of piperidine rings is 1. The van der Waals surface area contributed by atoms with E-state index in [1.54, 1.807) is 19.0 Å². The highest BCUT2D eigenvalue weighted by molar-refractivity contribution is 5.75. The third-order valence-corrected chi connectivity index (χ3v) is 4.36. The first kappa shape index (κ1) is 17.0. The fourth-order valence-electron chi connectivity index (χ4n) is 2.93.